The molecule has 2 N–H and O–H groups in total. The summed E-state index contributed by atoms with van der Waals surface area (Å²) in [5, 5.41) is 19.0. The second kappa shape index (κ2) is 6.20. The monoisotopic (exact) mass is 304 g/mol. The van der Waals surface area contributed by atoms with E-state index in [9.17, 15) is 5.26 Å². The molecule has 0 aliphatic carbocycles. The van der Waals surface area contributed by atoms with Crippen LogP contribution >= 0.6 is 11.3 Å². The summed E-state index contributed by atoms with van der Waals surface area (Å²) in [5.41, 5.74) is 8.82. The van der Waals surface area contributed by atoms with Crippen LogP contribution in [0.2, 0.25) is 0 Å². The van der Waals surface area contributed by atoms with Crippen molar-refractivity contribution in [3.63, 3.8) is 0 Å². The number of hydrogen-bond donors (Lipinski definition) is 1. The lowest BCUT2D eigenvalue weighted by Gasteiger charge is -2.00. The maximum absolute atomic E-state index is 9.36. The fourth-order valence-electron chi connectivity index (χ4n) is 2.09. The molecule has 22 heavy (non-hydrogen) atoms. The first-order valence-electron chi connectivity index (χ1n) is 6.64. The number of nitrogens with zero attached hydrogens (tertiary/aromatic N) is 3. The van der Waals surface area contributed by atoms with Crippen LogP contribution in [0.3, 0.4) is 0 Å². The summed E-state index contributed by atoms with van der Waals surface area (Å²) in [6.45, 7) is 0. The van der Waals surface area contributed by atoms with E-state index in [2.05, 4.69) is 16.3 Å². The van der Waals surface area contributed by atoms with Gasteiger partial charge in [0, 0.05) is 5.56 Å². The van der Waals surface area contributed by atoms with Crippen LogP contribution in [0.1, 0.15) is 5.56 Å². The summed E-state index contributed by atoms with van der Waals surface area (Å²) in [6, 6.07) is 21.3. The predicted molar refractivity (Wildman–Crippen MR) is 89.5 cm³/mol. The molecule has 0 spiro atoms. The number of nitrogens with two attached hydrogens (primary N) is 1. The van der Waals surface area contributed by atoms with Crippen LogP contribution < -0.4 is 5.73 Å². The first-order chi connectivity index (χ1) is 10.8. The van der Waals surface area contributed by atoms with E-state index < -0.39 is 0 Å². The lowest BCUT2D eigenvalue weighted by Crippen LogP contribution is -1.85. The smallest absolute Gasteiger partial charge is 0.150 e. The molecule has 5 heteroatoms. The van der Waals surface area contributed by atoms with Gasteiger partial charge in [0.05, 0.1) is 11.3 Å². The SMILES string of the molecule is N#Cc1c(N)sc(N=Nc2ccccc2)c1-c1ccccc1. The van der Waals surface area contributed by atoms with Crippen molar-refractivity contribution in [1.82, 2.24) is 0 Å². The van der Waals surface area contributed by atoms with E-state index in [1.165, 1.54) is 11.3 Å². The normalized spacial score (nSPS) is 10.7. The molecule has 0 amide bonds. The number of azo groups is 1. The molecular formula is C17H12N4S. The molecule has 0 aliphatic rings. The molecule has 0 atom stereocenters. The average Bonchev–Trinajstić information content (AvgIpc) is 2.90. The largest absolute Gasteiger partial charge is 0.389 e. The van der Waals surface area contributed by atoms with Gasteiger partial charge >= 0.3 is 0 Å². The highest BCUT2D eigenvalue weighted by atomic mass is 32.1. The summed E-state index contributed by atoms with van der Waals surface area (Å²) in [4.78, 5) is 0. The van der Waals surface area contributed by atoms with Crippen molar-refractivity contribution < 1.29 is 0 Å². The molecule has 0 unspecified atom stereocenters. The fraction of sp³-hybridized carbons (Fsp3) is 0. The lowest BCUT2D eigenvalue weighted by molar-refractivity contribution is 1.25. The van der Waals surface area contributed by atoms with Crippen molar-refractivity contribution in [2.24, 2.45) is 10.2 Å². The van der Waals surface area contributed by atoms with E-state index in [-0.39, 0.29) is 0 Å². The predicted octanol–water partition coefficient (Wildman–Crippen LogP) is 5.28. The number of hydrogen-bond acceptors (Lipinski definition) is 5. The first kappa shape index (κ1) is 14.0. The molecule has 1 aromatic heterocycles. The summed E-state index contributed by atoms with van der Waals surface area (Å²) in [5.74, 6) is 0. The van der Waals surface area contributed by atoms with Crippen LogP contribution in [0.25, 0.3) is 11.1 Å². The molecule has 3 aromatic rings. The fourth-order valence-corrected chi connectivity index (χ4v) is 2.95. The molecule has 4 nitrogen and oxygen atoms in total. The van der Waals surface area contributed by atoms with Crippen molar-refractivity contribution in [3.05, 3.63) is 66.2 Å². The molecule has 0 saturated heterocycles. The van der Waals surface area contributed by atoms with Crippen molar-refractivity contribution >= 4 is 27.0 Å². The van der Waals surface area contributed by atoms with Crippen LogP contribution in [0.4, 0.5) is 15.7 Å². The quantitative estimate of drug-likeness (QED) is 0.668. The maximum atomic E-state index is 9.36. The molecule has 0 aliphatic heterocycles. The third-order valence-corrected chi connectivity index (χ3v) is 4.01. The molecule has 3 rings (SSSR count). The number of nitriles is 1. The average molecular weight is 304 g/mol. The molecule has 106 valence electrons. The zero-order valence-electron chi connectivity index (χ0n) is 11.6. The minimum absolute atomic E-state index is 0.457. The van der Waals surface area contributed by atoms with Gasteiger partial charge in [-0.2, -0.15) is 5.26 Å². The summed E-state index contributed by atoms with van der Waals surface area (Å²) < 4.78 is 0. The number of thiophene rings is 1. The third kappa shape index (κ3) is 2.73. The molecule has 0 saturated carbocycles. The van der Waals surface area contributed by atoms with Gasteiger partial charge in [-0.1, -0.05) is 59.9 Å². The number of anilines is 1. The lowest BCUT2D eigenvalue weighted by atomic mass is 10.0. The van der Waals surface area contributed by atoms with Gasteiger partial charge in [0.1, 0.15) is 16.1 Å². The number of nitrogen functional groups attached to an aromatic ring is 1. The Morgan fingerprint density at radius 1 is 0.909 bits per heavy atom. The first-order valence-corrected chi connectivity index (χ1v) is 7.46. The van der Waals surface area contributed by atoms with Crippen molar-refractivity contribution in [2.75, 3.05) is 5.73 Å². The minimum Gasteiger partial charge on any atom is -0.389 e. The Hall–Kier alpha value is -2.97. The van der Waals surface area contributed by atoms with E-state index in [4.69, 9.17) is 5.73 Å². The summed E-state index contributed by atoms with van der Waals surface area (Å²) >= 11 is 1.27. The van der Waals surface area contributed by atoms with Crippen molar-refractivity contribution in [1.29, 1.82) is 5.26 Å². The molecule has 1 heterocycles. The van der Waals surface area contributed by atoms with E-state index in [0.717, 1.165) is 16.8 Å². The molecular weight excluding hydrogens is 292 g/mol. The van der Waals surface area contributed by atoms with Crippen LogP contribution in [0.5, 0.6) is 0 Å². The van der Waals surface area contributed by atoms with E-state index >= 15 is 0 Å². The van der Waals surface area contributed by atoms with Crippen LogP contribution in [0.15, 0.2) is 70.9 Å². The Balaban J connectivity index is 2.09. The van der Waals surface area contributed by atoms with E-state index in [0.29, 0.717) is 15.6 Å². The Kier molecular flexibility index (Phi) is 3.95. The van der Waals surface area contributed by atoms with Gasteiger partial charge in [0.25, 0.3) is 0 Å². The second-order valence-electron chi connectivity index (χ2n) is 4.53. The van der Waals surface area contributed by atoms with Crippen LogP contribution in [0, 0.1) is 11.3 Å². The highest BCUT2D eigenvalue weighted by molar-refractivity contribution is 7.20. The Labute approximate surface area is 132 Å². The third-order valence-electron chi connectivity index (χ3n) is 3.10. The zero-order valence-corrected chi connectivity index (χ0v) is 12.4. The molecule has 0 radical (unpaired) electrons. The number of rotatable bonds is 3. The van der Waals surface area contributed by atoms with Gasteiger partial charge in [-0.05, 0) is 17.7 Å². The maximum Gasteiger partial charge on any atom is 0.150 e. The van der Waals surface area contributed by atoms with Crippen molar-refractivity contribution in [2.45, 2.75) is 0 Å². The van der Waals surface area contributed by atoms with Gasteiger partial charge < -0.3 is 5.73 Å². The minimum atomic E-state index is 0.457. The van der Waals surface area contributed by atoms with Crippen LogP contribution in [-0.4, -0.2) is 0 Å². The Morgan fingerprint density at radius 3 is 2.18 bits per heavy atom. The van der Waals surface area contributed by atoms with Gasteiger partial charge in [0.2, 0.25) is 0 Å². The highest BCUT2D eigenvalue weighted by Crippen LogP contribution is 2.44. The van der Waals surface area contributed by atoms with E-state index in [1.54, 1.807) is 0 Å². The summed E-state index contributed by atoms with van der Waals surface area (Å²) in [6.07, 6.45) is 0. The molecule has 0 bridgehead atoms. The van der Waals surface area contributed by atoms with Gasteiger partial charge in [-0.3, -0.25) is 0 Å². The molecule has 0 fully saturated rings. The van der Waals surface area contributed by atoms with Crippen LogP contribution in [-0.2, 0) is 0 Å². The number of benzene rings is 2. The Morgan fingerprint density at radius 2 is 1.55 bits per heavy atom. The summed E-state index contributed by atoms with van der Waals surface area (Å²) in [7, 11) is 0. The highest BCUT2D eigenvalue weighted by Gasteiger charge is 2.17. The zero-order chi connectivity index (χ0) is 15.4. The standard InChI is InChI=1S/C17H12N4S/c18-11-14-15(12-7-3-1-4-8-12)17(22-16(14)19)21-20-13-9-5-2-6-10-13/h1-10H,19H2. The Bertz CT molecular complexity index is 846. The second-order valence-corrected chi connectivity index (χ2v) is 5.57. The van der Waals surface area contributed by atoms with Gasteiger partial charge in [-0.15, -0.1) is 10.2 Å². The van der Waals surface area contributed by atoms with Crippen molar-refractivity contribution in [3.8, 4) is 17.2 Å². The van der Waals surface area contributed by atoms with Gasteiger partial charge in [0.15, 0.2) is 0 Å². The van der Waals surface area contributed by atoms with Gasteiger partial charge in [-0.25, -0.2) is 0 Å². The topological polar surface area (TPSA) is 74.5 Å². The van der Waals surface area contributed by atoms with E-state index in [1.807, 2.05) is 60.7 Å². The molecule has 2 aromatic carbocycles.